The van der Waals surface area contributed by atoms with Gasteiger partial charge in [0.05, 0.1) is 12.2 Å². The van der Waals surface area contributed by atoms with Gasteiger partial charge in [0.25, 0.3) is 5.91 Å². The van der Waals surface area contributed by atoms with Crippen molar-refractivity contribution < 1.29 is 14.6 Å². The molecule has 168 valence electrons. The van der Waals surface area contributed by atoms with E-state index in [2.05, 4.69) is 15.1 Å². The summed E-state index contributed by atoms with van der Waals surface area (Å²) in [6.45, 7) is 6.40. The second-order valence-electron chi connectivity index (χ2n) is 7.04. The van der Waals surface area contributed by atoms with E-state index in [1.807, 2.05) is 43.3 Å². The van der Waals surface area contributed by atoms with Crippen LogP contribution in [0.1, 0.15) is 12.5 Å². The summed E-state index contributed by atoms with van der Waals surface area (Å²) in [6.07, 6.45) is 0. The van der Waals surface area contributed by atoms with E-state index in [-0.39, 0.29) is 30.6 Å². The van der Waals surface area contributed by atoms with Gasteiger partial charge in [0.15, 0.2) is 12.6 Å². The molecule has 1 amide bonds. The highest BCUT2D eigenvalue weighted by Crippen LogP contribution is 2.27. The third-order valence-electron chi connectivity index (χ3n) is 4.83. The number of hydrogen-bond donors (Lipinski definition) is 3. The van der Waals surface area contributed by atoms with Crippen LogP contribution in [0.4, 0.5) is 5.69 Å². The van der Waals surface area contributed by atoms with Gasteiger partial charge >= 0.3 is 0 Å². The van der Waals surface area contributed by atoms with Crippen LogP contribution in [-0.4, -0.2) is 61.2 Å². The number of guanidine groups is 1. The van der Waals surface area contributed by atoms with Gasteiger partial charge in [0, 0.05) is 32.7 Å². The van der Waals surface area contributed by atoms with E-state index in [0.717, 1.165) is 49.9 Å². The number of anilines is 1. The Labute approximate surface area is 200 Å². The Morgan fingerprint density at radius 3 is 2.58 bits per heavy atom. The van der Waals surface area contributed by atoms with Crippen molar-refractivity contribution in [3.05, 3.63) is 54.1 Å². The highest BCUT2D eigenvalue weighted by Gasteiger charge is 2.21. The monoisotopic (exact) mass is 539 g/mol. The smallest absolute Gasteiger partial charge is 0.255 e. The molecule has 8 nitrogen and oxygen atoms in total. The van der Waals surface area contributed by atoms with Crippen molar-refractivity contribution in [3.8, 4) is 11.5 Å². The van der Waals surface area contributed by atoms with Crippen LogP contribution in [0.25, 0.3) is 0 Å². The van der Waals surface area contributed by atoms with Crippen LogP contribution in [0.3, 0.4) is 0 Å². The topological polar surface area (TPSA) is 103 Å². The number of phenolic OH excluding ortho intramolecular Hbond substituents is 1. The average molecular weight is 539 g/mol. The molecule has 0 radical (unpaired) electrons. The van der Waals surface area contributed by atoms with Gasteiger partial charge in [-0.05, 0) is 36.8 Å². The molecule has 1 aliphatic rings. The maximum atomic E-state index is 10.9. The number of halogens is 1. The van der Waals surface area contributed by atoms with E-state index in [9.17, 15) is 9.90 Å². The Balaban J connectivity index is 0.00000341. The summed E-state index contributed by atoms with van der Waals surface area (Å²) >= 11 is 0. The van der Waals surface area contributed by atoms with Gasteiger partial charge in [0.1, 0.15) is 11.5 Å². The number of benzene rings is 2. The van der Waals surface area contributed by atoms with Crippen LogP contribution in [0.5, 0.6) is 11.5 Å². The van der Waals surface area contributed by atoms with E-state index in [1.165, 1.54) is 0 Å². The summed E-state index contributed by atoms with van der Waals surface area (Å²) < 4.78 is 5.37. The minimum Gasteiger partial charge on any atom is -0.506 e. The summed E-state index contributed by atoms with van der Waals surface area (Å²) in [4.78, 5) is 20.1. The Morgan fingerprint density at radius 2 is 1.90 bits per heavy atom. The number of nitrogens with one attached hydrogen (secondary N) is 1. The number of hydrogen-bond acceptors (Lipinski definition) is 5. The van der Waals surface area contributed by atoms with Crippen molar-refractivity contribution in [1.29, 1.82) is 0 Å². The maximum absolute atomic E-state index is 10.9. The second kappa shape index (κ2) is 12.2. The zero-order chi connectivity index (χ0) is 21.3. The number of ether oxygens (including phenoxy) is 1. The molecule has 0 spiro atoms. The summed E-state index contributed by atoms with van der Waals surface area (Å²) in [5.41, 5.74) is 6.98. The number of nitrogens with two attached hydrogens (primary N) is 1. The number of carbonyl (C=O) groups is 1. The minimum absolute atomic E-state index is 0. The van der Waals surface area contributed by atoms with Crippen LogP contribution >= 0.6 is 24.0 Å². The molecule has 2 aromatic rings. The fourth-order valence-electron chi connectivity index (χ4n) is 3.37. The number of piperazine rings is 1. The molecule has 1 heterocycles. The van der Waals surface area contributed by atoms with Crippen molar-refractivity contribution in [1.82, 2.24) is 10.2 Å². The number of primary amides is 1. The van der Waals surface area contributed by atoms with Crippen LogP contribution in [0, 0.1) is 0 Å². The number of aliphatic imine (C=N–C) groups is 1. The molecule has 1 saturated heterocycles. The molecule has 1 aliphatic heterocycles. The van der Waals surface area contributed by atoms with Crippen molar-refractivity contribution in [3.63, 3.8) is 0 Å². The summed E-state index contributed by atoms with van der Waals surface area (Å²) in [5.74, 6) is 1.27. The predicted molar refractivity (Wildman–Crippen MR) is 133 cm³/mol. The normalized spacial score (nSPS) is 14.0. The highest BCUT2D eigenvalue weighted by atomic mass is 127. The molecule has 0 unspecified atom stereocenters. The predicted octanol–water partition coefficient (Wildman–Crippen LogP) is 2.16. The molecule has 9 heteroatoms. The van der Waals surface area contributed by atoms with E-state index in [0.29, 0.717) is 18.0 Å². The fraction of sp³-hybridized carbons (Fsp3) is 0.364. The molecule has 0 bridgehead atoms. The number of nitrogens with zero attached hydrogens (tertiary/aromatic N) is 3. The molecule has 1 fully saturated rings. The number of phenols is 1. The third-order valence-corrected chi connectivity index (χ3v) is 4.83. The molecule has 4 N–H and O–H groups in total. The molecule has 0 aliphatic carbocycles. The van der Waals surface area contributed by atoms with E-state index in [4.69, 9.17) is 15.5 Å². The number of aromatic hydroxyl groups is 1. The first kappa shape index (κ1) is 24.6. The van der Waals surface area contributed by atoms with Crippen molar-refractivity contribution >= 4 is 41.5 Å². The van der Waals surface area contributed by atoms with Gasteiger partial charge in [-0.3, -0.25) is 4.79 Å². The standard InChI is InChI=1S/C22H29N5O3.HI/c1-2-24-22(25-15-17-6-5-7-18(14-17)30-16-21(23)29)27-12-10-26(11-13-27)19-8-3-4-9-20(19)28;/h3-9,14,28H,2,10-13,15-16H2,1H3,(H2,23,29)(H,24,25);1H. The zero-order valence-corrected chi connectivity index (χ0v) is 20.0. The Morgan fingerprint density at radius 1 is 1.16 bits per heavy atom. The summed E-state index contributed by atoms with van der Waals surface area (Å²) in [5, 5.41) is 13.5. The summed E-state index contributed by atoms with van der Waals surface area (Å²) in [6, 6.07) is 14.9. The first-order chi connectivity index (χ1) is 14.6. The maximum Gasteiger partial charge on any atom is 0.255 e. The number of carbonyl (C=O) groups excluding carboxylic acids is 1. The highest BCUT2D eigenvalue weighted by molar-refractivity contribution is 14.0. The minimum atomic E-state index is -0.504. The lowest BCUT2D eigenvalue weighted by atomic mass is 10.2. The molecular formula is C22H30IN5O3. The van der Waals surface area contributed by atoms with E-state index in [1.54, 1.807) is 12.1 Å². The van der Waals surface area contributed by atoms with E-state index < -0.39 is 5.91 Å². The Hall–Kier alpha value is -2.69. The second-order valence-corrected chi connectivity index (χ2v) is 7.04. The SMILES string of the molecule is CCNC(=NCc1cccc(OCC(N)=O)c1)N1CCN(c2ccccc2O)CC1.I. The van der Waals surface area contributed by atoms with Crippen LogP contribution < -0.4 is 20.7 Å². The van der Waals surface area contributed by atoms with Crippen LogP contribution in [0.2, 0.25) is 0 Å². The van der Waals surface area contributed by atoms with Crippen LogP contribution in [-0.2, 0) is 11.3 Å². The molecule has 31 heavy (non-hydrogen) atoms. The molecule has 0 atom stereocenters. The fourth-order valence-corrected chi connectivity index (χ4v) is 3.37. The first-order valence-electron chi connectivity index (χ1n) is 10.1. The largest absolute Gasteiger partial charge is 0.506 e. The Bertz CT molecular complexity index is 885. The van der Waals surface area contributed by atoms with Crippen molar-refractivity contribution in [2.75, 3.05) is 44.2 Å². The molecule has 0 saturated carbocycles. The van der Waals surface area contributed by atoms with Gasteiger partial charge in [-0.15, -0.1) is 24.0 Å². The van der Waals surface area contributed by atoms with Crippen molar-refractivity contribution in [2.24, 2.45) is 10.7 Å². The zero-order valence-electron chi connectivity index (χ0n) is 17.7. The number of amides is 1. The van der Waals surface area contributed by atoms with Crippen LogP contribution in [0.15, 0.2) is 53.5 Å². The first-order valence-corrected chi connectivity index (χ1v) is 10.1. The molecule has 3 rings (SSSR count). The number of rotatable bonds is 7. The quantitative estimate of drug-likeness (QED) is 0.283. The van der Waals surface area contributed by atoms with Gasteiger partial charge < -0.3 is 30.7 Å². The van der Waals surface area contributed by atoms with Gasteiger partial charge in [-0.1, -0.05) is 24.3 Å². The van der Waals surface area contributed by atoms with Crippen molar-refractivity contribution in [2.45, 2.75) is 13.5 Å². The lowest BCUT2D eigenvalue weighted by Gasteiger charge is -2.37. The third kappa shape index (κ3) is 7.20. The van der Waals surface area contributed by atoms with Gasteiger partial charge in [0.2, 0.25) is 0 Å². The Kier molecular flexibility index (Phi) is 9.70. The molecule has 0 aromatic heterocycles. The lowest BCUT2D eigenvalue weighted by molar-refractivity contribution is -0.119. The van der Waals surface area contributed by atoms with Gasteiger partial charge in [-0.25, -0.2) is 4.99 Å². The summed E-state index contributed by atoms with van der Waals surface area (Å²) in [7, 11) is 0. The average Bonchev–Trinajstić information content (AvgIpc) is 2.76. The molecule has 2 aromatic carbocycles. The van der Waals surface area contributed by atoms with Gasteiger partial charge in [-0.2, -0.15) is 0 Å². The van der Waals surface area contributed by atoms with E-state index >= 15 is 0 Å². The molecular weight excluding hydrogens is 509 g/mol. The lowest BCUT2D eigenvalue weighted by Crippen LogP contribution is -2.52. The number of para-hydroxylation sites is 2.